The van der Waals surface area contributed by atoms with Crippen LogP contribution in [0.25, 0.3) is 0 Å². The lowest BCUT2D eigenvalue weighted by atomic mass is 9.89. The molecule has 1 aromatic rings. The number of benzene rings is 1. The normalized spacial score (nSPS) is 22.3. The van der Waals surface area contributed by atoms with Gasteiger partial charge in [0.1, 0.15) is 6.10 Å². The van der Waals surface area contributed by atoms with E-state index in [4.69, 9.17) is 14.2 Å². The predicted molar refractivity (Wildman–Crippen MR) is 75.2 cm³/mol. The van der Waals surface area contributed by atoms with E-state index in [9.17, 15) is 5.11 Å². The van der Waals surface area contributed by atoms with Gasteiger partial charge in [0.15, 0.2) is 11.5 Å². The van der Waals surface area contributed by atoms with E-state index in [0.717, 1.165) is 49.2 Å². The fourth-order valence-corrected chi connectivity index (χ4v) is 3.22. The van der Waals surface area contributed by atoms with Crippen LogP contribution in [0.5, 0.6) is 11.5 Å². The summed E-state index contributed by atoms with van der Waals surface area (Å²) in [5.74, 6) is 1.49. The van der Waals surface area contributed by atoms with Gasteiger partial charge in [-0.15, -0.1) is 0 Å². The smallest absolute Gasteiger partial charge is 0.161 e. The quantitative estimate of drug-likeness (QED) is 0.923. The topological polar surface area (TPSA) is 47.9 Å². The molecule has 0 aromatic heterocycles. The fraction of sp³-hybridized carbons (Fsp3) is 0.625. The second-order valence-corrected chi connectivity index (χ2v) is 5.64. The van der Waals surface area contributed by atoms with Crippen LogP contribution in [0.4, 0.5) is 0 Å². The first-order valence-electron chi connectivity index (χ1n) is 7.38. The summed E-state index contributed by atoms with van der Waals surface area (Å²) in [6.07, 6.45) is 4.28. The lowest BCUT2D eigenvalue weighted by Gasteiger charge is -2.33. The van der Waals surface area contributed by atoms with Crippen LogP contribution in [0.2, 0.25) is 0 Å². The van der Waals surface area contributed by atoms with E-state index in [0.29, 0.717) is 13.2 Å². The van der Waals surface area contributed by atoms with Gasteiger partial charge in [0.2, 0.25) is 0 Å². The van der Waals surface area contributed by atoms with Crippen molar-refractivity contribution in [2.24, 2.45) is 0 Å². The Hall–Kier alpha value is -1.26. The lowest BCUT2D eigenvalue weighted by molar-refractivity contribution is -0.100. The van der Waals surface area contributed by atoms with Crippen LogP contribution in [0, 0.1) is 0 Å². The molecule has 20 heavy (non-hydrogen) atoms. The molecule has 0 spiro atoms. The van der Waals surface area contributed by atoms with Gasteiger partial charge in [-0.05, 0) is 30.5 Å². The van der Waals surface area contributed by atoms with Crippen molar-refractivity contribution in [3.05, 3.63) is 23.8 Å². The second-order valence-electron chi connectivity index (χ2n) is 5.64. The van der Waals surface area contributed by atoms with Gasteiger partial charge in [0.25, 0.3) is 0 Å². The Bertz CT molecular complexity index is 466. The predicted octanol–water partition coefficient (Wildman–Crippen LogP) is 2.84. The first-order chi connectivity index (χ1) is 9.75. The van der Waals surface area contributed by atoms with Crippen LogP contribution in [0.3, 0.4) is 0 Å². The highest BCUT2D eigenvalue weighted by molar-refractivity contribution is 5.44. The molecule has 0 radical (unpaired) electrons. The van der Waals surface area contributed by atoms with Gasteiger partial charge in [-0.1, -0.05) is 18.9 Å². The molecule has 1 fully saturated rings. The standard InChI is InChI=1S/C16H22O4/c1-18-16(7-2-3-8-16)15(17)12-5-6-13-14(11-12)20-10-4-9-19-13/h5-6,11,15,17H,2-4,7-10H2,1H3. The number of ether oxygens (including phenoxy) is 3. The molecule has 1 unspecified atom stereocenters. The van der Waals surface area contributed by atoms with Crippen LogP contribution in [0.15, 0.2) is 18.2 Å². The lowest BCUT2D eigenvalue weighted by Crippen LogP contribution is -2.35. The zero-order valence-electron chi connectivity index (χ0n) is 11.9. The SMILES string of the molecule is COC1(C(O)c2ccc3c(c2)OCCCO3)CCCC1. The van der Waals surface area contributed by atoms with Crippen LogP contribution in [0.1, 0.15) is 43.8 Å². The molecule has 0 amide bonds. The molecule has 110 valence electrons. The number of rotatable bonds is 3. The minimum Gasteiger partial charge on any atom is -0.490 e. The molecule has 4 nitrogen and oxygen atoms in total. The first kappa shape index (κ1) is 13.7. The highest BCUT2D eigenvalue weighted by Gasteiger charge is 2.41. The van der Waals surface area contributed by atoms with E-state index in [1.807, 2.05) is 18.2 Å². The highest BCUT2D eigenvalue weighted by atomic mass is 16.5. The monoisotopic (exact) mass is 278 g/mol. The maximum atomic E-state index is 10.7. The molecular weight excluding hydrogens is 256 g/mol. The Morgan fingerprint density at radius 1 is 1.10 bits per heavy atom. The molecule has 1 N–H and O–H groups in total. The van der Waals surface area contributed by atoms with Crippen LogP contribution < -0.4 is 9.47 Å². The van der Waals surface area contributed by atoms with E-state index in [2.05, 4.69) is 0 Å². The van der Waals surface area contributed by atoms with Gasteiger partial charge in [0, 0.05) is 13.5 Å². The van der Waals surface area contributed by atoms with Crippen molar-refractivity contribution in [1.29, 1.82) is 0 Å². The Kier molecular flexibility index (Phi) is 3.85. The average Bonchev–Trinajstić information content (AvgIpc) is 2.85. The molecule has 2 aliphatic rings. The third-order valence-electron chi connectivity index (χ3n) is 4.44. The molecule has 1 heterocycles. The van der Waals surface area contributed by atoms with Crippen molar-refractivity contribution in [2.75, 3.05) is 20.3 Å². The Labute approximate surface area is 119 Å². The average molecular weight is 278 g/mol. The van der Waals surface area contributed by atoms with Gasteiger partial charge in [-0.2, -0.15) is 0 Å². The molecule has 4 heteroatoms. The second kappa shape index (κ2) is 5.62. The number of hydrogen-bond acceptors (Lipinski definition) is 4. The van der Waals surface area contributed by atoms with E-state index in [-0.39, 0.29) is 0 Å². The summed E-state index contributed by atoms with van der Waals surface area (Å²) >= 11 is 0. The highest BCUT2D eigenvalue weighted by Crippen LogP contribution is 2.44. The summed E-state index contributed by atoms with van der Waals surface area (Å²) in [5, 5.41) is 10.7. The van der Waals surface area contributed by atoms with Crippen LogP contribution >= 0.6 is 0 Å². The van der Waals surface area contributed by atoms with E-state index in [1.165, 1.54) is 0 Å². The summed E-state index contributed by atoms with van der Waals surface area (Å²) in [6.45, 7) is 1.33. The Morgan fingerprint density at radius 2 is 1.80 bits per heavy atom. The number of aliphatic hydroxyl groups is 1. The van der Waals surface area contributed by atoms with E-state index >= 15 is 0 Å². The van der Waals surface area contributed by atoms with Crippen LogP contribution in [-0.2, 0) is 4.74 Å². The van der Waals surface area contributed by atoms with Gasteiger partial charge >= 0.3 is 0 Å². The minimum atomic E-state index is -0.618. The molecule has 0 bridgehead atoms. The molecule has 0 saturated heterocycles. The molecule has 3 rings (SSSR count). The maximum absolute atomic E-state index is 10.7. The third kappa shape index (κ3) is 2.38. The Morgan fingerprint density at radius 3 is 2.50 bits per heavy atom. The molecule has 1 aliphatic carbocycles. The molecule has 1 aliphatic heterocycles. The number of methoxy groups -OCH3 is 1. The minimum absolute atomic E-state index is 0.445. The van der Waals surface area contributed by atoms with Gasteiger partial charge < -0.3 is 19.3 Å². The van der Waals surface area contributed by atoms with Crippen molar-refractivity contribution in [1.82, 2.24) is 0 Å². The molecule has 1 atom stereocenters. The van der Waals surface area contributed by atoms with Crippen molar-refractivity contribution in [2.45, 2.75) is 43.8 Å². The van der Waals surface area contributed by atoms with E-state index < -0.39 is 11.7 Å². The largest absolute Gasteiger partial charge is 0.490 e. The van der Waals surface area contributed by atoms with Crippen molar-refractivity contribution >= 4 is 0 Å². The van der Waals surface area contributed by atoms with Gasteiger partial charge in [-0.25, -0.2) is 0 Å². The first-order valence-corrected chi connectivity index (χ1v) is 7.38. The van der Waals surface area contributed by atoms with E-state index in [1.54, 1.807) is 7.11 Å². The summed E-state index contributed by atoms with van der Waals surface area (Å²) in [4.78, 5) is 0. The molecular formula is C16H22O4. The number of fused-ring (bicyclic) bond motifs is 1. The summed E-state index contributed by atoms with van der Waals surface area (Å²) in [7, 11) is 1.69. The van der Waals surface area contributed by atoms with Crippen molar-refractivity contribution < 1.29 is 19.3 Å². The zero-order valence-corrected chi connectivity index (χ0v) is 11.9. The van der Waals surface area contributed by atoms with Gasteiger partial charge in [0.05, 0.1) is 18.8 Å². The maximum Gasteiger partial charge on any atom is 0.161 e. The third-order valence-corrected chi connectivity index (χ3v) is 4.44. The number of hydrogen-bond donors (Lipinski definition) is 1. The summed E-state index contributed by atoms with van der Waals surface area (Å²) in [5.41, 5.74) is 0.401. The van der Waals surface area contributed by atoms with Crippen molar-refractivity contribution in [3.8, 4) is 11.5 Å². The van der Waals surface area contributed by atoms with Gasteiger partial charge in [-0.3, -0.25) is 0 Å². The van der Waals surface area contributed by atoms with Crippen LogP contribution in [-0.4, -0.2) is 31.0 Å². The number of aliphatic hydroxyl groups excluding tert-OH is 1. The summed E-state index contributed by atoms with van der Waals surface area (Å²) < 4.78 is 17.0. The zero-order chi connectivity index (χ0) is 14.0. The molecule has 1 saturated carbocycles. The summed E-state index contributed by atoms with van der Waals surface area (Å²) in [6, 6.07) is 5.69. The van der Waals surface area contributed by atoms with Crippen molar-refractivity contribution in [3.63, 3.8) is 0 Å². The fourth-order valence-electron chi connectivity index (χ4n) is 3.22. The Balaban J connectivity index is 1.88. The molecule has 1 aromatic carbocycles.